The van der Waals surface area contributed by atoms with Crippen LogP contribution >= 0.6 is 0 Å². The van der Waals surface area contributed by atoms with Crippen molar-refractivity contribution in [3.8, 4) is 0 Å². The highest BCUT2D eigenvalue weighted by atomic mass is 16.5. The molecule has 1 heterocycles. The molecular weight excluding hydrogens is 276 g/mol. The van der Waals surface area contributed by atoms with Crippen molar-refractivity contribution in [2.45, 2.75) is 52.1 Å². The van der Waals surface area contributed by atoms with E-state index >= 15 is 0 Å². The summed E-state index contributed by atoms with van der Waals surface area (Å²) in [4.78, 5) is 14.1. The third-order valence-electron chi connectivity index (χ3n) is 3.99. The number of ether oxygens (including phenoxy) is 1. The fraction of sp³-hybridized carbons (Fsp3) is 0.611. The van der Waals surface area contributed by atoms with Crippen molar-refractivity contribution in [1.29, 1.82) is 0 Å². The molecule has 4 heteroatoms. The van der Waals surface area contributed by atoms with E-state index in [0.717, 1.165) is 12.1 Å². The number of nitrogens with one attached hydrogen (secondary N) is 1. The van der Waals surface area contributed by atoms with Crippen LogP contribution in [-0.2, 0) is 11.2 Å². The smallest absolute Gasteiger partial charge is 0.322 e. The number of hydrogen-bond acceptors (Lipinski definition) is 2. The molecule has 0 bridgehead atoms. The van der Waals surface area contributed by atoms with Crippen LogP contribution in [0.15, 0.2) is 24.3 Å². The van der Waals surface area contributed by atoms with Crippen LogP contribution in [-0.4, -0.2) is 36.2 Å². The zero-order valence-corrected chi connectivity index (χ0v) is 14.0. The summed E-state index contributed by atoms with van der Waals surface area (Å²) in [5, 5.41) is 2.98. The molecule has 2 amide bonds. The van der Waals surface area contributed by atoms with Crippen LogP contribution in [0.4, 0.5) is 10.5 Å². The zero-order valence-electron chi connectivity index (χ0n) is 14.0. The largest absolute Gasteiger partial charge is 0.372 e. The number of carbonyl (C=O) groups is 1. The number of carbonyl (C=O) groups excluding carboxylic acids is 1. The van der Waals surface area contributed by atoms with E-state index in [0.29, 0.717) is 19.7 Å². The normalized spacial score (nSPS) is 17.3. The number of nitrogens with zero attached hydrogens (tertiary/aromatic N) is 1. The third kappa shape index (κ3) is 5.02. The summed E-state index contributed by atoms with van der Waals surface area (Å²) in [5.41, 5.74) is 1.92. The Bertz CT molecular complexity index is 482. The molecule has 1 fully saturated rings. The molecule has 22 heavy (non-hydrogen) atoms. The molecule has 0 aromatic heterocycles. The number of morpholine rings is 1. The van der Waals surface area contributed by atoms with Crippen LogP contribution in [0.25, 0.3) is 0 Å². The maximum Gasteiger partial charge on any atom is 0.322 e. The monoisotopic (exact) mass is 304 g/mol. The lowest BCUT2D eigenvalue weighted by molar-refractivity contribution is -0.0720. The summed E-state index contributed by atoms with van der Waals surface area (Å²) in [6, 6.07) is 8.15. The molecule has 1 N–H and O–H groups in total. The topological polar surface area (TPSA) is 41.6 Å². The second kappa shape index (κ2) is 7.63. The number of aryl methyl sites for hydroxylation is 1. The Balaban J connectivity index is 1.86. The van der Waals surface area contributed by atoms with Gasteiger partial charge < -0.3 is 15.0 Å². The first-order chi connectivity index (χ1) is 10.5. The minimum atomic E-state index is -0.265. The van der Waals surface area contributed by atoms with Gasteiger partial charge in [-0.3, -0.25) is 0 Å². The fourth-order valence-corrected chi connectivity index (χ4v) is 2.73. The minimum Gasteiger partial charge on any atom is -0.372 e. The highest BCUT2D eigenvalue weighted by molar-refractivity contribution is 5.89. The molecule has 0 aliphatic carbocycles. The second-order valence-electron chi connectivity index (χ2n) is 6.61. The number of rotatable bonds is 5. The number of unbranched alkanes of at least 4 members (excludes halogenated alkanes) is 2. The van der Waals surface area contributed by atoms with E-state index in [9.17, 15) is 4.79 Å². The first kappa shape index (κ1) is 16.8. The Morgan fingerprint density at radius 2 is 2.00 bits per heavy atom. The van der Waals surface area contributed by atoms with Gasteiger partial charge in [0, 0.05) is 12.2 Å². The lowest BCUT2D eigenvalue weighted by Crippen LogP contribution is -2.51. The average Bonchev–Trinajstić information content (AvgIpc) is 2.48. The van der Waals surface area contributed by atoms with Crippen LogP contribution in [0, 0.1) is 0 Å². The van der Waals surface area contributed by atoms with Gasteiger partial charge in [0.25, 0.3) is 0 Å². The molecule has 4 nitrogen and oxygen atoms in total. The molecule has 1 aliphatic rings. The van der Waals surface area contributed by atoms with Crippen LogP contribution in [0.2, 0.25) is 0 Å². The summed E-state index contributed by atoms with van der Waals surface area (Å²) in [5.74, 6) is 0. The van der Waals surface area contributed by atoms with Crippen molar-refractivity contribution >= 4 is 11.7 Å². The molecule has 1 aliphatic heterocycles. The molecule has 1 saturated heterocycles. The Kier molecular flexibility index (Phi) is 5.83. The summed E-state index contributed by atoms with van der Waals surface area (Å²) < 4.78 is 5.64. The number of benzene rings is 1. The first-order valence-electron chi connectivity index (χ1n) is 8.29. The van der Waals surface area contributed by atoms with Crippen LogP contribution in [0.3, 0.4) is 0 Å². The number of urea groups is 1. The van der Waals surface area contributed by atoms with E-state index in [1.54, 1.807) is 0 Å². The van der Waals surface area contributed by atoms with Crippen LogP contribution in [0.1, 0.15) is 45.6 Å². The Morgan fingerprint density at radius 3 is 2.64 bits per heavy atom. The Hall–Kier alpha value is -1.55. The van der Waals surface area contributed by atoms with Gasteiger partial charge in [-0.05, 0) is 44.4 Å². The number of amides is 2. The highest BCUT2D eigenvalue weighted by Gasteiger charge is 2.29. The maximum absolute atomic E-state index is 12.3. The Morgan fingerprint density at radius 1 is 1.27 bits per heavy atom. The van der Waals surface area contributed by atoms with Crippen molar-refractivity contribution in [2.24, 2.45) is 0 Å². The highest BCUT2D eigenvalue weighted by Crippen LogP contribution is 2.18. The molecule has 1 aromatic carbocycles. The van der Waals surface area contributed by atoms with Gasteiger partial charge in [-0.25, -0.2) is 4.79 Å². The van der Waals surface area contributed by atoms with Crippen molar-refractivity contribution in [1.82, 2.24) is 4.90 Å². The molecule has 0 saturated carbocycles. The number of anilines is 1. The van der Waals surface area contributed by atoms with Crippen LogP contribution in [0.5, 0.6) is 0 Å². The average molecular weight is 304 g/mol. The molecule has 1 aromatic rings. The van der Waals surface area contributed by atoms with E-state index in [1.807, 2.05) is 30.9 Å². The van der Waals surface area contributed by atoms with E-state index in [1.165, 1.54) is 24.8 Å². The van der Waals surface area contributed by atoms with Gasteiger partial charge in [0.15, 0.2) is 0 Å². The molecule has 0 unspecified atom stereocenters. The summed E-state index contributed by atoms with van der Waals surface area (Å²) in [6.07, 6.45) is 4.85. The number of hydrogen-bond donors (Lipinski definition) is 1. The predicted molar refractivity (Wildman–Crippen MR) is 90.3 cm³/mol. The van der Waals surface area contributed by atoms with Gasteiger partial charge in [0.1, 0.15) is 0 Å². The molecule has 122 valence electrons. The third-order valence-corrected chi connectivity index (χ3v) is 3.99. The lowest BCUT2D eigenvalue weighted by Gasteiger charge is -2.38. The van der Waals surface area contributed by atoms with E-state index in [-0.39, 0.29) is 11.6 Å². The fourth-order valence-electron chi connectivity index (χ4n) is 2.73. The lowest BCUT2D eigenvalue weighted by atomic mass is 10.1. The summed E-state index contributed by atoms with van der Waals surface area (Å²) >= 11 is 0. The van der Waals surface area contributed by atoms with Gasteiger partial charge in [0.05, 0.1) is 18.8 Å². The van der Waals surface area contributed by atoms with Crippen LogP contribution < -0.4 is 5.32 Å². The molecule has 0 atom stereocenters. The first-order valence-corrected chi connectivity index (χ1v) is 8.29. The van der Waals surface area contributed by atoms with Gasteiger partial charge in [-0.2, -0.15) is 0 Å². The molecule has 0 radical (unpaired) electrons. The second-order valence-corrected chi connectivity index (χ2v) is 6.61. The van der Waals surface area contributed by atoms with Crippen molar-refractivity contribution in [2.75, 3.05) is 25.0 Å². The minimum absolute atomic E-state index is 0.0462. The standard InChI is InChI=1S/C18H28N2O2/c1-4-5-6-7-15-8-10-16(11-9-15)19-17(21)20-12-13-22-18(2,3)14-20/h8-11H,4-7,12-14H2,1-3H3,(H,19,21). The van der Waals surface area contributed by atoms with E-state index in [4.69, 9.17) is 4.74 Å². The van der Waals surface area contributed by atoms with E-state index < -0.39 is 0 Å². The zero-order chi connectivity index (χ0) is 16.0. The van der Waals surface area contributed by atoms with Gasteiger partial charge in [0.2, 0.25) is 0 Å². The quantitative estimate of drug-likeness (QED) is 0.833. The van der Waals surface area contributed by atoms with Crippen molar-refractivity contribution < 1.29 is 9.53 Å². The SMILES string of the molecule is CCCCCc1ccc(NC(=O)N2CCOC(C)(C)C2)cc1. The summed E-state index contributed by atoms with van der Waals surface area (Å²) in [6.45, 7) is 8.09. The predicted octanol–water partition coefficient (Wildman–Crippen LogP) is 4.06. The van der Waals surface area contributed by atoms with Gasteiger partial charge >= 0.3 is 6.03 Å². The van der Waals surface area contributed by atoms with Gasteiger partial charge in [-0.1, -0.05) is 31.9 Å². The molecular formula is C18H28N2O2. The van der Waals surface area contributed by atoms with E-state index in [2.05, 4.69) is 24.4 Å². The van der Waals surface area contributed by atoms with Crippen molar-refractivity contribution in [3.63, 3.8) is 0 Å². The molecule has 0 spiro atoms. The maximum atomic E-state index is 12.3. The van der Waals surface area contributed by atoms with Gasteiger partial charge in [-0.15, -0.1) is 0 Å². The molecule has 2 rings (SSSR count). The summed E-state index contributed by atoms with van der Waals surface area (Å²) in [7, 11) is 0. The van der Waals surface area contributed by atoms with Crippen molar-refractivity contribution in [3.05, 3.63) is 29.8 Å². The Labute approximate surface area is 133 Å².